The van der Waals surface area contributed by atoms with Crippen molar-refractivity contribution in [2.24, 2.45) is 0 Å². The van der Waals surface area contributed by atoms with Gasteiger partial charge in [-0.05, 0) is 54.2 Å². The lowest BCUT2D eigenvalue weighted by Gasteiger charge is -2.36. The molecule has 1 fully saturated rings. The Kier molecular flexibility index (Phi) is 6.78. The minimum absolute atomic E-state index is 0.196. The molecule has 0 saturated carbocycles. The van der Waals surface area contributed by atoms with E-state index in [4.69, 9.17) is 14.7 Å². The normalized spacial score (nSPS) is 17.5. The van der Waals surface area contributed by atoms with Gasteiger partial charge in [-0.15, -0.1) is 0 Å². The highest BCUT2D eigenvalue weighted by atomic mass is 16.5. The molecule has 2 aliphatic heterocycles. The number of piperazine rings is 1. The summed E-state index contributed by atoms with van der Waals surface area (Å²) in [7, 11) is 1.61. The summed E-state index contributed by atoms with van der Waals surface area (Å²) in [4.78, 5) is 16.8. The Bertz CT molecular complexity index is 1040. The van der Waals surface area contributed by atoms with Crippen LogP contribution in [0, 0.1) is 18.3 Å². The second-order valence-corrected chi connectivity index (χ2v) is 8.82. The SMILES string of the molecule is COc1cc(CCN2CCN(CC(C)c3ccc4c(c3C)COC4=O)CC2)ccc1C#N. The topological polar surface area (TPSA) is 65.8 Å². The van der Waals surface area contributed by atoms with Gasteiger partial charge in [0.15, 0.2) is 0 Å². The number of esters is 1. The zero-order valence-electron chi connectivity index (χ0n) is 19.2. The zero-order valence-corrected chi connectivity index (χ0v) is 19.2. The van der Waals surface area contributed by atoms with E-state index in [0.717, 1.165) is 56.8 Å². The maximum Gasteiger partial charge on any atom is 0.338 e. The van der Waals surface area contributed by atoms with Gasteiger partial charge >= 0.3 is 5.97 Å². The number of nitriles is 1. The van der Waals surface area contributed by atoms with Crippen LogP contribution in [-0.2, 0) is 17.8 Å². The van der Waals surface area contributed by atoms with Crippen molar-refractivity contribution >= 4 is 5.97 Å². The number of methoxy groups -OCH3 is 1. The lowest BCUT2D eigenvalue weighted by atomic mass is 9.90. The molecule has 0 spiro atoms. The summed E-state index contributed by atoms with van der Waals surface area (Å²) in [5.41, 5.74) is 6.09. The first-order valence-electron chi connectivity index (χ1n) is 11.3. The third-order valence-electron chi connectivity index (χ3n) is 6.84. The van der Waals surface area contributed by atoms with Crippen molar-refractivity contribution in [1.82, 2.24) is 9.80 Å². The van der Waals surface area contributed by atoms with E-state index in [0.29, 0.717) is 23.8 Å². The summed E-state index contributed by atoms with van der Waals surface area (Å²) in [5.74, 6) is 0.869. The number of hydrogen-bond acceptors (Lipinski definition) is 6. The quantitative estimate of drug-likeness (QED) is 0.623. The first-order chi connectivity index (χ1) is 15.5. The van der Waals surface area contributed by atoms with E-state index in [1.54, 1.807) is 7.11 Å². The molecule has 2 aliphatic rings. The summed E-state index contributed by atoms with van der Waals surface area (Å²) in [6, 6.07) is 12.0. The second-order valence-electron chi connectivity index (χ2n) is 8.82. The Morgan fingerprint density at radius 2 is 1.91 bits per heavy atom. The predicted molar refractivity (Wildman–Crippen MR) is 123 cm³/mol. The molecule has 1 unspecified atom stereocenters. The van der Waals surface area contributed by atoms with Crippen LogP contribution in [0.5, 0.6) is 5.75 Å². The van der Waals surface area contributed by atoms with Crippen molar-refractivity contribution in [2.45, 2.75) is 32.8 Å². The average molecular weight is 434 g/mol. The molecule has 4 rings (SSSR count). The molecule has 0 N–H and O–H groups in total. The fourth-order valence-corrected chi connectivity index (χ4v) is 4.85. The molecule has 1 atom stereocenters. The Hall–Kier alpha value is -2.88. The van der Waals surface area contributed by atoms with Gasteiger partial charge in [-0.25, -0.2) is 4.79 Å². The van der Waals surface area contributed by atoms with Crippen LogP contribution in [0.25, 0.3) is 0 Å². The number of cyclic esters (lactones) is 1. The lowest BCUT2D eigenvalue weighted by molar-refractivity contribution is 0.0535. The molecule has 0 aliphatic carbocycles. The molecule has 2 aromatic rings. The highest BCUT2D eigenvalue weighted by Crippen LogP contribution is 2.30. The fraction of sp³-hybridized carbons (Fsp3) is 0.462. The number of hydrogen-bond donors (Lipinski definition) is 0. The zero-order chi connectivity index (χ0) is 22.7. The van der Waals surface area contributed by atoms with E-state index >= 15 is 0 Å². The molecule has 6 nitrogen and oxygen atoms in total. The van der Waals surface area contributed by atoms with Crippen LogP contribution < -0.4 is 4.74 Å². The van der Waals surface area contributed by atoms with Gasteiger partial charge < -0.3 is 19.3 Å². The van der Waals surface area contributed by atoms with E-state index in [-0.39, 0.29) is 5.97 Å². The minimum Gasteiger partial charge on any atom is -0.495 e. The minimum atomic E-state index is -0.196. The number of fused-ring (bicyclic) bond motifs is 1. The monoisotopic (exact) mass is 433 g/mol. The molecular weight excluding hydrogens is 402 g/mol. The number of carbonyl (C=O) groups excluding carboxylic acids is 1. The number of carbonyl (C=O) groups is 1. The first kappa shape index (κ1) is 22.3. The third-order valence-corrected chi connectivity index (χ3v) is 6.84. The van der Waals surface area contributed by atoms with E-state index in [2.05, 4.69) is 35.8 Å². The number of nitrogens with zero attached hydrogens (tertiary/aromatic N) is 3. The van der Waals surface area contributed by atoms with E-state index in [1.807, 2.05) is 24.3 Å². The fourth-order valence-electron chi connectivity index (χ4n) is 4.85. The molecule has 6 heteroatoms. The third kappa shape index (κ3) is 4.64. The summed E-state index contributed by atoms with van der Waals surface area (Å²) >= 11 is 0. The van der Waals surface area contributed by atoms with Gasteiger partial charge in [0, 0.05) is 44.8 Å². The van der Waals surface area contributed by atoms with Gasteiger partial charge in [0.2, 0.25) is 0 Å². The maximum absolute atomic E-state index is 11.8. The molecule has 2 heterocycles. The van der Waals surface area contributed by atoms with Crippen LogP contribution in [0.3, 0.4) is 0 Å². The van der Waals surface area contributed by atoms with Crippen molar-refractivity contribution in [3.05, 3.63) is 63.7 Å². The van der Waals surface area contributed by atoms with Crippen LogP contribution >= 0.6 is 0 Å². The molecule has 0 bridgehead atoms. The number of ether oxygens (including phenoxy) is 2. The van der Waals surface area contributed by atoms with Gasteiger partial charge in [-0.3, -0.25) is 0 Å². The highest BCUT2D eigenvalue weighted by molar-refractivity contribution is 5.93. The highest BCUT2D eigenvalue weighted by Gasteiger charge is 2.26. The molecule has 0 radical (unpaired) electrons. The maximum atomic E-state index is 11.8. The van der Waals surface area contributed by atoms with Crippen molar-refractivity contribution in [3.63, 3.8) is 0 Å². The molecule has 168 valence electrons. The first-order valence-corrected chi connectivity index (χ1v) is 11.3. The second kappa shape index (κ2) is 9.72. The summed E-state index contributed by atoms with van der Waals surface area (Å²) < 4.78 is 10.5. The summed E-state index contributed by atoms with van der Waals surface area (Å²) in [6.45, 7) is 11.1. The van der Waals surface area contributed by atoms with Gasteiger partial charge in [0.1, 0.15) is 18.4 Å². The van der Waals surface area contributed by atoms with Crippen molar-refractivity contribution in [2.75, 3.05) is 46.4 Å². The number of benzene rings is 2. The lowest BCUT2D eigenvalue weighted by Crippen LogP contribution is -2.47. The van der Waals surface area contributed by atoms with E-state index in [9.17, 15) is 4.79 Å². The van der Waals surface area contributed by atoms with E-state index in [1.165, 1.54) is 16.7 Å². The molecule has 2 aromatic carbocycles. The predicted octanol–water partition coefficient (Wildman–Crippen LogP) is 3.51. The molecule has 0 aromatic heterocycles. The van der Waals surface area contributed by atoms with Gasteiger partial charge in [-0.2, -0.15) is 5.26 Å². The van der Waals surface area contributed by atoms with Crippen molar-refractivity contribution in [1.29, 1.82) is 5.26 Å². The largest absolute Gasteiger partial charge is 0.495 e. The van der Waals surface area contributed by atoms with Crippen LogP contribution in [0.4, 0.5) is 0 Å². The summed E-state index contributed by atoms with van der Waals surface area (Å²) in [5, 5.41) is 9.14. The van der Waals surface area contributed by atoms with Gasteiger partial charge in [0.05, 0.1) is 18.2 Å². The Balaban J connectivity index is 1.27. The number of rotatable bonds is 7. The smallest absolute Gasteiger partial charge is 0.338 e. The van der Waals surface area contributed by atoms with Crippen LogP contribution in [0.2, 0.25) is 0 Å². The average Bonchev–Trinajstić information content (AvgIpc) is 3.20. The van der Waals surface area contributed by atoms with Crippen molar-refractivity contribution < 1.29 is 14.3 Å². The van der Waals surface area contributed by atoms with Crippen LogP contribution in [0.1, 0.15) is 51.0 Å². The Morgan fingerprint density at radius 3 is 2.62 bits per heavy atom. The Labute approximate surface area is 190 Å². The molecule has 1 saturated heterocycles. The Morgan fingerprint density at radius 1 is 1.16 bits per heavy atom. The summed E-state index contributed by atoms with van der Waals surface area (Å²) in [6.07, 6.45) is 0.952. The molecular formula is C26H31N3O3. The van der Waals surface area contributed by atoms with Crippen molar-refractivity contribution in [3.8, 4) is 11.8 Å². The molecule has 32 heavy (non-hydrogen) atoms. The molecule has 0 amide bonds. The van der Waals surface area contributed by atoms with Crippen LogP contribution in [0.15, 0.2) is 30.3 Å². The van der Waals surface area contributed by atoms with Gasteiger partial charge in [0.25, 0.3) is 0 Å². The van der Waals surface area contributed by atoms with E-state index < -0.39 is 0 Å². The van der Waals surface area contributed by atoms with Crippen LogP contribution in [-0.4, -0.2) is 62.1 Å². The standard InChI is InChI=1S/C26H31N3O3/c1-18(22-6-7-23-24(19(22)2)17-32-26(23)30)16-29-12-10-28(11-13-29)9-8-20-4-5-21(15-27)25(14-20)31-3/h4-7,14,18H,8-13,16-17H2,1-3H3. The van der Waals surface area contributed by atoms with Gasteiger partial charge in [-0.1, -0.05) is 19.1 Å².